The van der Waals surface area contributed by atoms with Gasteiger partial charge in [0, 0.05) is 31.0 Å². The van der Waals surface area contributed by atoms with E-state index >= 15 is 0 Å². The number of para-hydroxylation sites is 1. The van der Waals surface area contributed by atoms with Gasteiger partial charge in [-0.25, -0.2) is 9.67 Å². The molecular weight excluding hydrogens is 378 g/mol. The van der Waals surface area contributed by atoms with Crippen molar-refractivity contribution < 1.29 is 9.47 Å². The summed E-state index contributed by atoms with van der Waals surface area (Å²) in [7, 11) is 0. The van der Waals surface area contributed by atoms with Crippen molar-refractivity contribution >= 4 is 5.96 Å². The van der Waals surface area contributed by atoms with Crippen LogP contribution in [0.15, 0.2) is 35.3 Å². The lowest BCUT2D eigenvalue weighted by atomic mass is 10.2. The Kier molecular flexibility index (Phi) is 11.0. The van der Waals surface area contributed by atoms with Crippen molar-refractivity contribution in [2.45, 2.75) is 47.1 Å². The highest BCUT2D eigenvalue weighted by atomic mass is 16.5. The zero-order chi connectivity index (χ0) is 21.6. The van der Waals surface area contributed by atoms with Gasteiger partial charge in [-0.15, -0.1) is 0 Å². The second kappa shape index (κ2) is 13.8. The second-order valence-corrected chi connectivity index (χ2v) is 7.10. The Bertz CT molecular complexity index is 758. The molecule has 166 valence electrons. The average molecular weight is 416 g/mol. The third kappa shape index (κ3) is 7.80. The SMILES string of the molecule is CCCCOCCOCCNC(=NCc1c(C)nn(-c2ccccc2)c1C)NCC. The van der Waals surface area contributed by atoms with E-state index < -0.39 is 0 Å². The summed E-state index contributed by atoms with van der Waals surface area (Å²) in [5.41, 5.74) is 4.33. The predicted molar refractivity (Wildman–Crippen MR) is 122 cm³/mol. The largest absolute Gasteiger partial charge is 0.379 e. The van der Waals surface area contributed by atoms with Crippen LogP contribution in [0.4, 0.5) is 0 Å². The number of aryl methyl sites for hydroxylation is 1. The number of aromatic nitrogens is 2. The van der Waals surface area contributed by atoms with Gasteiger partial charge in [0.05, 0.1) is 37.7 Å². The maximum Gasteiger partial charge on any atom is 0.191 e. The van der Waals surface area contributed by atoms with Crippen LogP contribution in [0.25, 0.3) is 5.69 Å². The van der Waals surface area contributed by atoms with Crippen LogP contribution in [0.1, 0.15) is 43.6 Å². The van der Waals surface area contributed by atoms with E-state index in [1.807, 2.05) is 29.8 Å². The normalized spacial score (nSPS) is 11.7. The van der Waals surface area contributed by atoms with Crippen molar-refractivity contribution in [2.24, 2.45) is 4.99 Å². The van der Waals surface area contributed by atoms with Crippen LogP contribution in [-0.4, -0.2) is 55.3 Å². The van der Waals surface area contributed by atoms with Gasteiger partial charge in [0.2, 0.25) is 0 Å². The first kappa shape index (κ1) is 23.9. The summed E-state index contributed by atoms with van der Waals surface area (Å²) in [6, 6.07) is 10.2. The minimum absolute atomic E-state index is 0.575. The molecule has 2 N–H and O–H groups in total. The van der Waals surface area contributed by atoms with E-state index in [1.165, 1.54) is 0 Å². The fourth-order valence-corrected chi connectivity index (χ4v) is 3.03. The Morgan fingerprint density at radius 2 is 1.73 bits per heavy atom. The fourth-order valence-electron chi connectivity index (χ4n) is 3.03. The number of hydrogen-bond donors (Lipinski definition) is 2. The molecular formula is C23H37N5O2. The molecule has 2 rings (SSSR count). The zero-order valence-corrected chi connectivity index (χ0v) is 18.9. The number of rotatable bonds is 13. The zero-order valence-electron chi connectivity index (χ0n) is 18.9. The van der Waals surface area contributed by atoms with E-state index in [0.717, 1.165) is 54.6 Å². The molecule has 0 fully saturated rings. The molecule has 1 aromatic carbocycles. The van der Waals surface area contributed by atoms with Crippen molar-refractivity contribution in [2.75, 3.05) is 39.5 Å². The van der Waals surface area contributed by atoms with Gasteiger partial charge in [-0.3, -0.25) is 0 Å². The topological polar surface area (TPSA) is 72.7 Å². The van der Waals surface area contributed by atoms with Crippen LogP contribution in [0.5, 0.6) is 0 Å². The van der Waals surface area contributed by atoms with Crippen molar-refractivity contribution in [1.29, 1.82) is 0 Å². The minimum atomic E-state index is 0.575. The van der Waals surface area contributed by atoms with Crippen LogP contribution in [0.2, 0.25) is 0 Å². The molecule has 7 heteroatoms. The highest BCUT2D eigenvalue weighted by Crippen LogP contribution is 2.18. The standard InChI is InChI=1S/C23H37N5O2/c1-5-7-14-29-16-17-30-15-13-25-23(24-6-2)26-18-22-19(3)27-28(20(22)4)21-11-9-8-10-12-21/h8-12H,5-7,13-18H2,1-4H3,(H2,24,25,26). The maximum absolute atomic E-state index is 5.61. The monoisotopic (exact) mass is 415 g/mol. The quantitative estimate of drug-likeness (QED) is 0.298. The summed E-state index contributed by atoms with van der Waals surface area (Å²) in [6.45, 7) is 13.1. The average Bonchev–Trinajstić information content (AvgIpc) is 3.04. The number of benzene rings is 1. The lowest BCUT2D eigenvalue weighted by Gasteiger charge is -2.12. The minimum Gasteiger partial charge on any atom is -0.379 e. The molecule has 0 unspecified atom stereocenters. The summed E-state index contributed by atoms with van der Waals surface area (Å²) in [5, 5.41) is 11.3. The number of nitrogens with zero attached hydrogens (tertiary/aromatic N) is 3. The molecule has 1 heterocycles. The van der Waals surface area contributed by atoms with Gasteiger partial charge >= 0.3 is 0 Å². The van der Waals surface area contributed by atoms with Gasteiger partial charge < -0.3 is 20.1 Å². The molecule has 30 heavy (non-hydrogen) atoms. The number of guanidine groups is 1. The van der Waals surface area contributed by atoms with Crippen LogP contribution in [-0.2, 0) is 16.0 Å². The molecule has 0 aliphatic carbocycles. The molecule has 1 aromatic heterocycles. The van der Waals surface area contributed by atoms with Crippen molar-refractivity contribution in [3.63, 3.8) is 0 Å². The first-order chi connectivity index (χ1) is 14.7. The van der Waals surface area contributed by atoms with Gasteiger partial charge in [-0.1, -0.05) is 31.5 Å². The number of ether oxygens (including phenoxy) is 2. The van der Waals surface area contributed by atoms with Gasteiger partial charge in [0.15, 0.2) is 5.96 Å². The van der Waals surface area contributed by atoms with Crippen LogP contribution < -0.4 is 10.6 Å². The lowest BCUT2D eigenvalue weighted by molar-refractivity contribution is 0.0487. The van der Waals surface area contributed by atoms with E-state index in [9.17, 15) is 0 Å². The smallest absolute Gasteiger partial charge is 0.191 e. The van der Waals surface area contributed by atoms with Crippen LogP contribution in [0.3, 0.4) is 0 Å². The summed E-state index contributed by atoms with van der Waals surface area (Å²) in [4.78, 5) is 4.74. The first-order valence-corrected chi connectivity index (χ1v) is 11.0. The molecule has 0 spiro atoms. The maximum atomic E-state index is 5.61. The summed E-state index contributed by atoms with van der Waals surface area (Å²) in [5.74, 6) is 0.784. The molecule has 0 bridgehead atoms. The summed E-state index contributed by atoms with van der Waals surface area (Å²) >= 11 is 0. The third-order valence-corrected chi connectivity index (χ3v) is 4.73. The highest BCUT2D eigenvalue weighted by molar-refractivity contribution is 5.79. The van der Waals surface area contributed by atoms with Gasteiger partial charge in [-0.05, 0) is 39.3 Å². The molecule has 0 amide bonds. The first-order valence-electron chi connectivity index (χ1n) is 11.0. The Morgan fingerprint density at radius 3 is 2.43 bits per heavy atom. The summed E-state index contributed by atoms with van der Waals surface area (Å²) in [6.07, 6.45) is 2.26. The van der Waals surface area contributed by atoms with E-state index in [-0.39, 0.29) is 0 Å². The molecule has 0 aliphatic rings. The molecule has 0 saturated carbocycles. The Hall–Kier alpha value is -2.38. The molecule has 2 aromatic rings. The van der Waals surface area contributed by atoms with Gasteiger partial charge in [0.1, 0.15) is 0 Å². The predicted octanol–water partition coefficient (Wildman–Crippen LogP) is 3.38. The third-order valence-electron chi connectivity index (χ3n) is 4.73. The highest BCUT2D eigenvalue weighted by Gasteiger charge is 2.12. The molecule has 0 radical (unpaired) electrons. The molecule has 0 atom stereocenters. The van der Waals surface area contributed by atoms with E-state index in [2.05, 4.69) is 43.5 Å². The molecule has 0 saturated heterocycles. The molecule has 0 aliphatic heterocycles. The Labute approximate surface area is 180 Å². The van der Waals surface area contributed by atoms with Crippen LogP contribution >= 0.6 is 0 Å². The van der Waals surface area contributed by atoms with Crippen LogP contribution in [0, 0.1) is 13.8 Å². The molecule has 7 nitrogen and oxygen atoms in total. The Morgan fingerprint density at radius 1 is 1.00 bits per heavy atom. The summed E-state index contributed by atoms with van der Waals surface area (Å²) < 4.78 is 13.1. The Balaban J connectivity index is 1.84. The fraction of sp³-hybridized carbons (Fsp3) is 0.565. The van der Waals surface area contributed by atoms with Crippen molar-refractivity contribution in [3.05, 3.63) is 47.3 Å². The second-order valence-electron chi connectivity index (χ2n) is 7.10. The number of hydrogen-bond acceptors (Lipinski definition) is 4. The number of unbranched alkanes of at least 4 members (excludes halogenated alkanes) is 1. The number of nitrogens with one attached hydrogen (secondary N) is 2. The number of aliphatic imine (C=N–C) groups is 1. The van der Waals surface area contributed by atoms with Crippen molar-refractivity contribution in [1.82, 2.24) is 20.4 Å². The van der Waals surface area contributed by atoms with Gasteiger partial charge in [-0.2, -0.15) is 5.10 Å². The van der Waals surface area contributed by atoms with Gasteiger partial charge in [0.25, 0.3) is 0 Å². The van der Waals surface area contributed by atoms with E-state index in [1.54, 1.807) is 0 Å². The van der Waals surface area contributed by atoms with Crippen molar-refractivity contribution in [3.8, 4) is 5.69 Å². The lowest BCUT2D eigenvalue weighted by Crippen LogP contribution is -2.39. The van der Waals surface area contributed by atoms with E-state index in [0.29, 0.717) is 32.9 Å². The van der Waals surface area contributed by atoms with E-state index in [4.69, 9.17) is 19.6 Å².